The molecule has 2 aromatic rings. The summed E-state index contributed by atoms with van der Waals surface area (Å²) in [6.07, 6.45) is 0.996. The molecule has 0 aliphatic heterocycles. The lowest BCUT2D eigenvalue weighted by Crippen LogP contribution is -2.15. The van der Waals surface area contributed by atoms with Gasteiger partial charge in [0.25, 0.3) is 0 Å². The number of nitrogens with one attached hydrogen (secondary N) is 1. The summed E-state index contributed by atoms with van der Waals surface area (Å²) in [4.78, 5) is 22.5. The maximum atomic E-state index is 11.8. The van der Waals surface area contributed by atoms with Crippen molar-refractivity contribution in [3.63, 3.8) is 0 Å². The monoisotopic (exact) mass is 283 g/mol. The van der Waals surface area contributed by atoms with Crippen LogP contribution in [0.25, 0.3) is 0 Å². The number of aryl methyl sites for hydroxylation is 1. The number of rotatable bonds is 6. The molecule has 2 aromatic carbocycles. The molecule has 108 valence electrons. The van der Waals surface area contributed by atoms with Crippen LogP contribution in [0.3, 0.4) is 0 Å². The van der Waals surface area contributed by atoms with Crippen LogP contribution in [0.1, 0.15) is 22.3 Å². The van der Waals surface area contributed by atoms with Crippen molar-refractivity contribution in [1.29, 1.82) is 0 Å². The highest BCUT2D eigenvalue weighted by atomic mass is 16.5. The van der Waals surface area contributed by atoms with E-state index in [1.807, 2.05) is 31.2 Å². The first-order chi connectivity index (χ1) is 10.2. The first-order valence-corrected chi connectivity index (χ1v) is 6.72. The minimum atomic E-state index is -0.147. The predicted octanol–water partition coefficient (Wildman–Crippen LogP) is 3.22. The number of amides is 1. The van der Waals surface area contributed by atoms with E-state index in [2.05, 4.69) is 5.32 Å². The van der Waals surface area contributed by atoms with Gasteiger partial charge in [0, 0.05) is 11.3 Å². The van der Waals surface area contributed by atoms with E-state index in [9.17, 15) is 9.59 Å². The minimum Gasteiger partial charge on any atom is -0.493 e. The van der Waals surface area contributed by atoms with E-state index in [1.54, 1.807) is 24.3 Å². The number of aldehydes is 1. The summed E-state index contributed by atoms with van der Waals surface area (Å²) >= 11 is 0. The molecule has 0 aliphatic carbocycles. The topological polar surface area (TPSA) is 55.4 Å². The zero-order valence-electron chi connectivity index (χ0n) is 11.8. The summed E-state index contributed by atoms with van der Waals surface area (Å²) in [7, 11) is 0. The second-order valence-corrected chi connectivity index (χ2v) is 4.71. The third-order valence-electron chi connectivity index (χ3n) is 2.89. The minimum absolute atomic E-state index is 0.147. The van der Waals surface area contributed by atoms with Gasteiger partial charge in [-0.3, -0.25) is 9.59 Å². The van der Waals surface area contributed by atoms with Gasteiger partial charge in [0.15, 0.2) is 0 Å². The Morgan fingerprint density at radius 2 is 2.00 bits per heavy atom. The molecule has 0 radical (unpaired) electrons. The molecular weight excluding hydrogens is 266 g/mol. The summed E-state index contributed by atoms with van der Waals surface area (Å²) in [5, 5.41) is 2.74. The third-order valence-corrected chi connectivity index (χ3v) is 2.89. The number of ether oxygens (including phenoxy) is 1. The van der Waals surface area contributed by atoms with Crippen LogP contribution in [-0.4, -0.2) is 18.8 Å². The van der Waals surface area contributed by atoms with Crippen LogP contribution in [0.2, 0.25) is 0 Å². The highest BCUT2D eigenvalue weighted by Crippen LogP contribution is 2.13. The average molecular weight is 283 g/mol. The second kappa shape index (κ2) is 7.24. The van der Waals surface area contributed by atoms with E-state index in [0.717, 1.165) is 17.6 Å². The highest BCUT2D eigenvalue weighted by molar-refractivity contribution is 5.91. The standard InChI is InChI=1S/C17H17NO3/c1-13-4-2-7-16(10-13)21-9-8-17(20)18-15-6-3-5-14(11-15)12-19/h2-7,10-12H,8-9H2,1H3,(H,18,20). The van der Waals surface area contributed by atoms with Crippen molar-refractivity contribution in [3.05, 3.63) is 59.7 Å². The first-order valence-electron chi connectivity index (χ1n) is 6.72. The van der Waals surface area contributed by atoms with Crippen LogP contribution in [-0.2, 0) is 4.79 Å². The molecule has 0 bridgehead atoms. The van der Waals surface area contributed by atoms with Crippen molar-refractivity contribution in [1.82, 2.24) is 0 Å². The lowest BCUT2D eigenvalue weighted by atomic mass is 10.2. The molecule has 1 amide bonds. The Labute approximate surface area is 123 Å². The fourth-order valence-corrected chi connectivity index (χ4v) is 1.88. The van der Waals surface area contributed by atoms with Gasteiger partial charge in [-0.25, -0.2) is 0 Å². The van der Waals surface area contributed by atoms with Crippen LogP contribution in [0.4, 0.5) is 5.69 Å². The normalized spacial score (nSPS) is 9.95. The Morgan fingerprint density at radius 3 is 2.76 bits per heavy atom. The summed E-state index contributed by atoms with van der Waals surface area (Å²) in [5.74, 6) is 0.608. The molecule has 2 rings (SSSR count). The van der Waals surface area contributed by atoms with Crippen LogP contribution in [0.15, 0.2) is 48.5 Å². The zero-order valence-corrected chi connectivity index (χ0v) is 11.8. The number of benzene rings is 2. The van der Waals surface area contributed by atoms with E-state index in [4.69, 9.17) is 4.74 Å². The molecule has 0 aromatic heterocycles. The summed E-state index contributed by atoms with van der Waals surface area (Å²) in [6.45, 7) is 2.29. The fourth-order valence-electron chi connectivity index (χ4n) is 1.88. The maximum Gasteiger partial charge on any atom is 0.227 e. The summed E-state index contributed by atoms with van der Waals surface area (Å²) in [5.41, 5.74) is 2.26. The SMILES string of the molecule is Cc1cccc(OCCC(=O)Nc2cccc(C=O)c2)c1. The molecule has 4 nitrogen and oxygen atoms in total. The van der Waals surface area contributed by atoms with Gasteiger partial charge in [-0.05, 0) is 36.8 Å². The Bertz CT molecular complexity index is 637. The molecule has 4 heteroatoms. The maximum absolute atomic E-state index is 11.8. The molecule has 0 heterocycles. The zero-order chi connectivity index (χ0) is 15.1. The van der Waals surface area contributed by atoms with Crippen molar-refractivity contribution in [2.24, 2.45) is 0 Å². The van der Waals surface area contributed by atoms with Crippen molar-refractivity contribution < 1.29 is 14.3 Å². The van der Waals surface area contributed by atoms with Gasteiger partial charge < -0.3 is 10.1 Å². The first kappa shape index (κ1) is 14.8. The van der Waals surface area contributed by atoms with Gasteiger partial charge >= 0.3 is 0 Å². The van der Waals surface area contributed by atoms with E-state index < -0.39 is 0 Å². The van der Waals surface area contributed by atoms with E-state index >= 15 is 0 Å². The molecule has 0 unspecified atom stereocenters. The molecule has 21 heavy (non-hydrogen) atoms. The predicted molar refractivity (Wildman–Crippen MR) is 81.8 cm³/mol. The van der Waals surface area contributed by atoms with Gasteiger partial charge in [-0.2, -0.15) is 0 Å². The van der Waals surface area contributed by atoms with Gasteiger partial charge in [-0.15, -0.1) is 0 Å². The number of hydrogen-bond donors (Lipinski definition) is 1. The quantitative estimate of drug-likeness (QED) is 0.828. The van der Waals surface area contributed by atoms with Gasteiger partial charge in [0.1, 0.15) is 12.0 Å². The van der Waals surface area contributed by atoms with Crippen LogP contribution >= 0.6 is 0 Å². The Morgan fingerprint density at radius 1 is 1.19 bits per heavy atom. The lowest BCUT2D eigenvalue weighted by Gasteiger charge is -2.08. The van der Waals surface area contributed by atoms with Crippen molar-refractivity contribution in [2.75, 3.05) is 11.9 Å². The molecule has 0 fully saturated rings. The van der Waals surface area contributed by atoms with Gasteiger partial charge in [0.05, 0.1) is 13.0 Å². The third kappa shape index (κ3) is 4.76. The molecule has 1 N–H and O–H groups in total. The molecule has 0 saturated heterocycles. The average Bonchev–Trinajstić information content (AvgIpc) is 2.47. The number of carbonyl (C=O) groups excluding carboxylic acids is 2. The van der Waals surface area contributed by atoms with Gasteiger partial charge in [-0.1, -0.05) is 24.3 Å². The summed E-state index contributed by atoms with van der Waals surface area (Å²) < 4.78 is 5.52. The number of anilines is 1. The Kier molecular flexibility index (Phi) is 5.10. The molecule has 0 atom stereocenters. The van der Waals surface area contributed by atoms with E-state index in [1.165, 1.54) is 0 Å². The van der Waals surface area contributed by atoms with E-state index in [0.29, 0.717) is 17.9 Å². The molecule has 0 spiro atoms. The van der Waals surface area contributed by atoms with Crippen molar-refractivity contribution >= 4 is 17.9 Å². The van der Waals surface area contributed by atoms with Crippen LogP contribution < -0.4 is 10.1 Å². The number of hydrogen-bond acceptors (Lipinski definition) is 3. The largest absolute Gasteiger partial charge is 0.493 e. The van der Waals surface area contributed by atoms with E-state index in [-0.39, 0.29) is 12.3 Å². The van der Waals surface area contributed by atoms with Crippen molar-refractivity contribution in [3.8, 4) is 5.75 Å². The molecule has 0 aliphatic rings. The number of carbonyl (C=O) groups is 2. The Balaban J connectivity index is 1.80. The summed E-state index contributed by atoms with van der Waals surface area (Å²) in [6, 6.07) is 14.5. The van der Waals surface area contributed by atoms with Crippen LogP contribution in [0, 0.1) is 6.92 Å². The molecular formula is C17H17NO3. The van der Waals surface area contributed by atoms with Gasteiger partial charge in [0.2, 0.25) is 5.91 Å². The molecule has 0 saturated carbocycles. The Hall–Kier alpha value is -2.62. The fraction of sp³-hybridized carbons (Fsp3) is 0.176. The highest BCUT2D eigenvalue weighted by Gasteiger charge is 2.04. The van der Waals surface area contributed by atoms with Crippen LogP contribution in [0.5, 0.6) is 5.75 Å². The van der Waals surface area contributed by atoms with Crippen molar-refractivity contribution in [2.45, 2.75) is 13.3 Å². The lowest BCUT2D eigenvalue weighted by molar-refractivity contribution is -0.116. The smallest absolute Gasteiger partial charge is 0.227 e. The second-order valence-electron chi connectivity index (χ2n) is 4.71.